The molecule has 0 fully saturated rings. The monoisotopic (exact) mass is 398 g/mol. The fourth-order valence-electron chi connectivity index (χ4n) is 4.44. The van der Waals surface area contributed by atoms with Crippen molar-refractivity contribution >= 4 is 5.97 Å². The Morgan fingerprint density at radius 2 is 0.964 bits per heavy atom. The molecular weight excluding hydrogens is 346 g/mol. The normalized spacial score (nSPS) is 11.7. The van der Waals surface area contributed by atoms with Crippen LogP contribution in [0.15, 0.2) is 0 Å². The second kappa shape index (κ2) is 19.7. The number of quaternary nitrogens is 1. The molecule has 0 aliphatic carbocycles. The molecular formula is C25H52NO2+. The Balaban J connectivity index is 3.69. The number of ether oxygens (including phenoxy) is 1. The van der Waals surface area contributed by atoms with Crippen LogP contribution in [0.2, 0.25) is 0 Å². The summed E-state index contributed by atoms with van der Waals surface area (Å²) in [6.45, 7) is 13.4. The molecule has 0 atom stereocenters. The third kappa shape index (κ3) is 15.4. The van der Waals surface area contributed by atoms with E-state index in [4.69, 9.17) is 4.74 Å². The third-order valence-corrected chi connectivity index (χ3v) is 5.82. The molecule has 28 heavy (non-hydrogen) atoms. The molecule has 0 amide bonds. The highest BCUT2D eigenvalue weighted by Crippen LogP contribution is 2.14. The smallest absolute Gasteiger partial charge is 0.361 e. The van der Waals surface area contributed by atoms with E-state index in [1.165, 1.54) is 70.6 Å². The van der Waals surface area contributed by atoms with E-state index < -0.39 is 0 Å². The first kappa shape index (κ1) is 27.4. The highest BCUT2D eigenvalue weighted by Gasteiger charge is 2.28. The van der Waals surface area contributed by atoms with Gasteiger partial charge in [0.1, 0.15) is 0 Å². The van der Waals surface area contributed by atoms with Crippen LogP contribution in [0.4, 0.5) is 0 Å². The number of nitrogens with zero attached hydrogens (tertiary/aromatic N) is 1. The van der Waals surface area contributed by atoms with Crippen molar-refractivity contribution < 1.29 is 14.0 Å². The third-order valence-electron chi connectivity index (χ3n) is 5.82. The van der Waals surface area contributed by atoms with Gasteiger partial charge in [-0.1, -0.05) is 98.3 Å². The van der Waals surface area contributed by atoms with Gasteiger partial charge in [-0.3, -0.25) is 0 Å². The van der Waals surface area contributed by atoms with E-state index in [1.54, 1.807) is 0 Å². The molecule has 0 heterocycles. The summed E-state index contributed by atoms with van der Waals surface area (Å²) >= 11 is 0. The SMILES string of the molecule is CCCCCCCCCCCCCCOC(=O)C[N+](CCC)(CCC)CCC. The van der Waals surface area contributed by atoms with Crippen LogP contribution in [0.3, 0.4) is 0 Å². The predicted molar refractivity (Wildman–Crippen MR) is 123 cm³/mol. The zero-order valence-electron chi connectivity index (χ0n) is 19.9. The molecule has 0 rings (SSSR count). The summed E-state index contributed by atoms with van der Waals surface area (Å²) in [6.07, 6.45) is 19.4. The maximum Gasteiger partial charge on any atom is 0.361 e. The van der Waals surface area contributed by atoms with Crippen molar-refractivity contribution in [1.29, 1.82) is 0 Å². The van der Waals surface area contributed by atoms with Crippen molar-refractivity contribution in [2.75, 3.05) is 32.8 Å². The molecule has 0 unspecified atom stereocenters. The van der Waals surface area contributed by atoms with E-state index in [0.29, 0.717) is 13.2 Å². The summed E-state index contributed by atoms with van der Waals surface area (Å²) in [6, 6.07) is 0. The molecule has 0 aromatic rings. The largest absolute Gasteiger partial charge is 0.462 e. The van der Waals surface area contributed by atoms with Crippen LogP contribution < -0.4 is 0 Å². The lowest BCUT2D eigenvalue weighted by atomic mass is 10.1. The standard InChI is InChI=1S/C25H52NO2/c1-5-9-10-11-12-13-14-15-16-17-18-19-23-28-25(27)24-26(20-6-2,21-7-3)22-8-4/h5-24H2,1-4H3/q+1. The second-order valence-electron chi connectivity index (χ2n) is 8.78. The van der Waals surface area contributed by atoms with Gasteiger partial charge in [0.2, 0.25) is 0 Å². The van der Waals surface area contributed by atoms with Crippen molar-refractivity contribution in [2.45, 2.75) is 124 Å². The van der Waals surface area contributed by atoms with Crippen molar-refractivity contribution in [3.05, 3.63) is 0 Å². The molecule has 0 N–H and O–H groups in total. The molecule has 0 aromatic carbocycles. The van der Waals surface area contributed by atoms with E-state index in [2.05, 4.69) is 27.7 Å². The average molecular weight is 399 g/mol. The number of hydrogen-bond donors (Lipinski definition) is 0. The van der Waals surface area contributed by atoms with Crippen LogP contribution >= 0.6 is 0 Å². The van der Waals surface area contributed by atoms with Crippen LogP contribution in [0, 0.1) is 0 Å². The summed E-state index contributed by atoms with van der Waals surface area (Å²) in [5, 5.41) is 0. The maximum atomic E-state index is 12.3. The van der Waals surface area contributed by atoms with E-state index in [9.17, 15) is 4.79 Å². The maximum absolute atomic E-state index is 12.3. The minimum atomic E-state index is 0.0124. The topological polar surface area (TPSA) is 26.3 Å². The molecule has 0 saturated heterocycles. The molecule has 0 aliphatic rings. The van der Waals surface area contributed by atoms with Crippen molar-refractivity contribution in [1.82, 2.24) is 0 Å². The van der Waals surface area contributed by atoms with E-state index in [1.807, 2.05) is 0 Å². The first-order valence-corrected chi connectivity index (χ1v) is 12.6. The van der Waals surface area contributed by atoms with Crippen LogP contribution in [0.5, 0.6) is 0 Å². The van der Waals surface area contributed by atoms with Gasteiger partial charge in [-0.25, -0.2) is 4.79 Å². The Kier molecular flexibility index (Phi) is 19.3. The lowest BCUT2D eigenvalue weighted by Gasteiger charge is -2.37. The number of hydrogen-bond acceptors (Lipinski definition) is 2. The van der Waals surface area contributed by atoms with Crippen LogP contribution in [0.25, 0.3) is 0 Å². The summed E-state index contributed by atoms with van der Waals surface area (Å²) in [5.41, 5.74) is 0. The van der Waals surface area contributed by atoms with Gasteiger partial charge in [0.15, 0.2) is 6.54 Å². The zero-order chi connectivity index (χ0) is 20.9. The minimum Gasteiger partial charge on any atom is -0.462 e. The molecule has 0 spiro atoms. The van der Waals surface area contributed by atoms with Gasteiger partial charge in [0.25, 0.3) is 0 Å². The summed E-state index contributed by atoms with van der Waals surface area (Å²) in [4.78, 5) is 12.3. The lowest BCUT2D eigenvalue weighted by molar-refractivity contribution is -0.921. The number of carbonyl (C=O) groups is 1. The van der Waals surface area contributed by atoms with E-state index in [-0.39, 0.29) is 5.97 Å². The predicted octanol–water partition coefficient (Wildman–Crippen LogP) is 7.28. The lowest BCUT2D eigenvalue weighted by Crippen LogP contribution is -2.53. The number of rotatable bonds is 21. The highest BCUT2D eigenvalue weighted by atomic mass is 16.5. The van der Waals surface area contributed by atoms with Crippen molar-refractivity contribution in [3.8, 4) is 0 Å². The summed E-state index contributed by atoms with van der Waals surface area (Å²) < 4.78 is 6.49. The fourth-order valence-corrected chi connectivity index (χ4v) is 4.44. The molecule has 0 aromatic heterocycles. The number of carbonyl (C=O) groups excluding carboxylic acids is 1. The Morgan fingerprint density at radius 3 is 1.36 bits per heavy atom. The molecule has 0 bridgehead atoms. The number of unbranched alkanes of at least 4 members (excludes halogenated alkanes) is 11. The molecule has 0 radical (unpaired) electrons. The first-order chi connectivity index (χ1) is 13.6. The van der Waals surface area contributed by atoms with Gasteiger partial charge in [0.05, 0.1) is 26.2 Å². The summed E-state index contributed by atoms with van der Waals surface area (Å²) in [7, 11) is 0. The van der Waals surface area contributed by atoms with Crippen LogP contribution in [-0.4, -0.2) is 43.2 Å². The van der Waals surface area contributed by atoms with Gasteiger partial charge in [0, 0.05) is 0 Å². The van der Waals surface area contributed by atoms with Crippen LogP contribution in [0.1, 0.15) is 124 Å². The first-order valence-electron chi connectivity index (χ1n) is 12.6. The fraction of sp³-hybridized carbons (Fsp3) is 0.960. The second-order valence-corrected chi connectivity index (χ2v) is 8.78. The highest BCUT2D eigenvalue weighted by molar-refractivity contribution is 5.70. The Morgan fingerprint density at radius 1 is 0.571 bits per heavy atom. The van der Waals surface area contributed by atoms with Gasteiger partial charge in [-0.2, -0.15) is 0 Å². The van der Waals surface area contributed by atoms with Gasteiger partial charge >= 0.3 is 5.97 Å². The molecule has 0 aliphatic heterocycles. The van der Waals surface area contributed by atoms with Crippen molar-refractivity contribution in [3.63, 3.8) is 0 Å². The van der Waals surface area contributed by atoms with Gasteiger partial charge < -0.3 is 9.22 Å². The molecule has 168 valence electrons. The van der Waals surface area contributed by atoms with Crippen LogP contribution in [-0.2, 0) is 9.53 Å². The molecule has 3 nitrogen and oxygen atoms in total. The average Bonchev–Trinajstić information content (AvgIpc) is 2.66. The Labute approximate surface area is 177 Å². The zero-order valence-corrected chi connectivity index (χ0v) is 19.9. The minimum absolute atomic E-state index is 0.0124. The van der Waals surface area contributed by atoms with Gasteiger partial charge in [-0.15, -0.1) is 0 Å². The molecule has 0 saturated carbocycles. The Bertz CT molecular complexity index is 326. The van der Waals surface area contributed by atoms with Gasteiger partial charge in [-0.05, 0) is 25.7 Å². The van der Waals surface area contributed by atoms with E-state index in [0.717, 1.165) is 49.8 Å². The quantitative estimate of drug-likeness (QED) is 0.115. The summed E-state index contributed by atoms with van der Waals surface area (Å²) in [5.74, 6) is 0.0124. The van der Waals surface area contributed by atoms with Crippen molar-refractivity contribution in [2.24, 2.45) is 0 Å². The Hall–Kier alpha value is -0.570. The number of esters is 1. The molecule has 3 heteroatoms. The van der Waals surface area contributed by atoms with E-state index >= 15 is 0 Å².